The summed E-state index contributed by atoms with van der Waals surface area (Å²) < 4.78 is 2.24. The van der Waals surface area contributed by atoms with E-state index >= 15 is 0 Å². The number of hydrogen-bond donors (Lipinski definition) is 0. The third-order valence-electron chi connectivity index (χ3n) is 4.44. The van der Waals surface area contributed by atoms with Crippen molar-refractivity contribution in [1.82, 2.24) is 9.47 Å². The highest BCUT2D eigenvalue weighted by atomic mass is 16.2. The van der Waals surface area contributed by atoms with Crippen LogP contribution in [0, 0.1) is 5.92 Å². The molecule has 0 unspecified atom stereocenters. The van der Waals surface area contributed by atoms with Gasteiger partial charge in [-0.3, -0.25) is 4.79 Å². The highest BCUT2D eigenvalue weighted by Gasteiger charge is 2.37. The quantitative estimate of drug-likeness (QED) is 0.817. The van der Waals surface area contributed by atoms with Crippen molar-refractivity contribution in [3.8, 4) is 0 Å². The summed E-state index contributed by atoms with van der Waals surface area (Å²) in [5, 5.41) is 0. The standard InChI is InChI=1S/C20H26N2O/c1-20(2,3)22(19(23)17-11-12-17)15-18-10-7-13-21(18)14-16-8-5-4-6-9-16/h4-10,13,17H,11-12,14-15H2,1-3H3. The van der Waals surface area contributed by atoms with Crippen LogP contribution < -0.4 is 0 Å². The van der Waals surface area contributed by atoms with Gasteiger partial charge in [0.15, 0.2) is 0 Å². The van der Waals surface area contributed by atoms with Gasteiger partial charge in [0.05, 0.1) is 6.54 Å². The Morgan fingerprint density at radius 3 is 2.43 bits per heavy atom. The lowest BCUT2D eigenvalue weighted by Crippen LogP contribution is -2.46. The van der Waals surface area contributed by atoms with Gasteiger partial charge in [0.1, 0.15) is 0 Å². The average molecular weight is 310 g/mol. The topological polar surface area (TPSA) is 25.2 Å². The summed E-state index contributed by atoms with van der Waals surface area (Å²) >= 11 is 0. The van der Waals surface area contributed by atoms with E-state index in [9.17, 15) is 4.79 Å². The van der Waals surface area contributed by atoms with E-state index < -0.39 is 0 Å². The SMILES string of the molecule is CC(C)(C)N(Cc1cccn1Cc1ccccc1)C(=O)C1CC1. The number of carbonyl (C=O) groups excluding carboxylic acids is 1. The largest absolute Gasteiger partial charge is 0.345 e. The smallest absolute Gasteiger partial charge is 0.226 e. The molecule has 0 atom stereocenters. The average Bonchev–Trinajstić information content (AvgIpc) is 3.26. The third-order valence-corrected chi connectivity index (χ3v) is 4.44. The molecule has 0 bridgehead atoms. The van der Waals surface area contributed by atoms with E-state index in [0.717, 1.165) is 19.4 Å². The number of aromatic nitrogens is 1. The Kier molecular flexibility index (Phi) is 4.29. The minimum absolute atomic E-state index is 0.151. The Balaban J connectivity index is 1.78. The van der Waals surface area contributed by atoms with Gasteiger partial charge in [-0.1, -0.05) is 30.3 Å². The molecule has 0 N–H and O–H groups in total. The molecule has 2 aromatic rings. The first-order chi connectivity index (χ1) is 10.9. The van der Waals surface area contributed by atoms with E-state index in [1.165, 1.54) is 11.3 Å². The molecule has 1 aliphatic rings. The monoisotopic (exact) mass is 310 g/mol. The molecule has 1 aromatic carbocycles. The molecular weight excluding hydrogens is 284 g/mol. The van der Waals surface area contributed by atoms with Crippen LogP contribution >= 0.6 is 0 Å². The number of carbonyl (C=O) groups is 1. The van der Waals surface area contributed by atoms with Crippen LogP contribution in [0.4, 0.5) is 0 Å². The summed E-state index contributed by atoms with van der Waals surface area (Å²) in [6, 6.07) is 14.6. The summed E-state index contributed by atoms with van der Waals surface area (Å²) in [5.74, 6) is 0.566. The molecule has 3 rings (SSSR count). The minimum Gasteiger partial charge on any atom is -0.345 e. The maximum atomic E-state index is 12.7. The van der Waals surface area contributed by atoms with E-state index in [-0.39, 0.29) is 11.5 Å². The van der Waals surface area contributed by atoms with Gasteiger partial charge in [0.25, 0.3) is 0 Å². The van der Waals surface area contributed by atoms with Crippen molar-refractivity contribution < 1.29 is 4.79 Å². The number of benzene rings is 1. The molecule has 3 heteroatoms. The van der Waals surface area contributed by atoms with Crippen LogP contribution in [0.25, 0.3) is 0 Å². The van der Waals surface area contributed by atoms with Crippen LogP contribution in [-0.2, 0) is 17.9 Å². The van der Waals surface area contributed by atoms with E-state index in [2.05, 4.69) is 67.9 Å². The van der Waals surface area contributed by atoms with Gasteiger partial charge in [-0.05, 0) is 51.3 Å². The van der Waals surface area contributed by atoms with Gasteiger partial charge in [-0.15, -0.1) is 0 Å². The maximum Gasteiger partial charge on any atom is 0.226 e. The normalized spacial score (nSPS) is 14.7. The van der Waals surface area contributed by atoms with E-state index in [1.54, 1.807) is 0 Å². The molecule has 0 aliphatic heterocycles. The van der Waals surface area contributed by atoms with Crippen molar-refractivity contribution in [3.63, 3.8) is 0 Å². The van der Waals surface area contributed by atoms with Crippen molar-refractivity contribution in [2.24, 2.45) is 5.92 Å². The van der Waals surface area contributed by atoms with Crippen LogP contribution in [0.3, 0.4) is 0 Å². The number of hydrogen-bond acceptors (Lipinski definition) is 1. The van der Waals surface area contributed by atoms with Gasteiger partial charge in [-0.2, -0.15) is 0 Å². The predicted octanol–water partition coefficient (Wildman–Crippen LogP) is 4.07. The van der Waals surface area contributed by atoms with Crippen LogP contribution in [0.5, 0.6) is 0 Å². The Labute approximate surface area is 138 Å². The molecule has 1 amide bonds. The summed E-state index contributed by atoms with van der Waals surface area (Å²) in [7, 11) is 0. The molecule has 23 heavy (non-hydrogen) atoms. The third kappa shape index (κ3) is 3.84. The zero-order chi connectivity index (χ0) is 16.4. The van der Waals surface area contributed by atoms with Gasteiger partial charge >= 0.3 is 0 Å². The first kappa shape index (κ1) is 15.9. The Morgan fingerprint density at radius 1 is 1.13 bits per heavy atom. The van der Waals surface area contributed by atoms with Crippen molar-refractivity contribution >= 4 is 5.91 Å². The lowest BCUT2D eigenvalue weighted by Gasteiger charge is -2.36. The number of nitrogens with zero attached hydrogens (tertiary/aromatic N) is 2. The van der Waals surface area contributed by atoms with Crippen LogP contribution in [-0.4, -0.2) is 20.9 Å². The molecule has 1 fully saturated rings. The summed E-state index contributed by atoms with van der Waals surface area (Å²) in [6.07, 6.45) is 4.21. The Bertz CT molecular complexity index is 662. The fourth-order valence-electron chi connectivity index (χ4n) is 2.89. The second kappa shape index (κ2) is 6.23. The summed E-state index contributed by atoms with van der Waals surface area (Å²) in [4.78, 5) is 14.7. The zero-order valence-corrected chi connectivity index (χ0v) is 14.3. The Morgan fingerprint density at radius 2 is 1.83 bits per heavy atom. The van der Waals surface area contributed by atoms with E-state index in [1.807, 2.05) is 11.0 Å². The zero-order valence-electron chi connectivity index (χ0n) is 14.3. The molecule has 0 radical (unpaired) electrons. The van der Waals surface area contributed by atoms with E-state index in [0.29, 0.717) is 12.5 Å². The molecule has 3 nitrogen and oxygen atoms in total. The lowest BCUT2D eigenvalue weighted by atomic mass is 10.0. The molecule has 1 heterocycles. The first-order valence-corrected chi connectivity index (χ1v) is 8.44. The van der Waals surface area contributed by atoms with Crippen LogP contribution in [0.1, 0.15) is 44.9 Å². The molecule has 0 saturated heterocycles. The van der Waals surface area contributed by atoms with Crippen LogP contribution in [0.2, 0.25) is 0 Å². The van der Waals surface area contributed by atoms with Gasteiger partial charge in [-0.25, -0.2) is 0 Å². The molecular formula is C20H26N2O. The fraction of sp³-hybridized carbons (Fsp3) is 0.450. The molecule has 122 valence electrons. The van der Waals surface area contributed by atoms with Gasteiger partial charge < -0.3 is 9.47 Å². The van der Waals surface area contributed by atoms with Gasteiger partial charge in [0, 0.05) is 29.9 Å². The maximum absolute atomic E-state index is 12.7. The molecule has 0 spiro atoms. The second-order valence-corrected chi connectivity index (χ2v) is 7.48. The lowest BCUT2D eigenvalue weighted by molar-refractivity contribution is -0.138. The number of amides is 1. The second-order valence-electron chi connectivity index (χ2n) is 7.48. The number of rotatable bonds is 5. The predicted molar refractivity (Wildman–Crippen MR) is 93.0 cm³/mol. The Hall–Kier alpha value is -2.03. The minimum atomic E-state index is -0.151. The van der Waals surface area contributed by atoms with Crippen LogP contribution in [0.15, 0.2) is 48.7 Å². The van der Waals surface area contributed by atoms with Crippen molar-refractivity contribution in [2.45, 2.75) is 52.2 Å². The first-order valence-electron chi connectivity index (χ1n) is 8.44. The summed E-state index contributed by atoms with van der Waals surface area (Å²) in [5.41, 5.74) is 2.32. The van der Waals surface area contributed by atoms with E-state index in [4.69, 9.17) is 0 Å². The molecule has 1 saturated carbocycles. The highest BCUT2D eigenvalue weighted by molar-refractivity contribution is 5.81. The molecule has 1 aromatic heterocycles. The van der Waals surface area contributed by atoms with Gasteiger partial charge in [0.2, 0.25) is 5.91 Å². The molecule has 1 aliphatic carbocycles. The van der Waals surface area contributed by atoms with Crippen molar-refractivity contribution in [2.75, 3.05) is 0 Å². The van der Waals surface area contributed by atoms with Crippen molar-refractivity contribution in [1.29, 1.82) is 0 Å². The highest BCUT2D eigenvalue weighted by Crippen LogP contribution is 2.34. The fourth-order valence-corrected chi connectivity index (χ4v) is 2.89. The van der Waals surface area contributed by atoms with Crippen molar-refractivity contribution in [3.05, 3.63) is 59.9 Å². The summed E-state index contributed by atoms with van der Waals surface area (Å²) in [6.45, 7) is 7.89.